The topological polar surface area (TPSA) is 82.9 Å². The molecule has 3 amide bonds. The van der Waals surface area contributed by atoms with Gasteiger partial charge in [0, 0.05) is 41.8 Å². The fourth-order valence-corrected chi connectivity index (χ4v) is 5.02. The van der Waals surface area contributed by atoms with Crippen molar-refractivity contribution < 1.29 is 18.8 Å². The molecule has 0 unspecified atom stereocenters. The number of hydrogen-bond donors (Lipinski definition) is 1. The predicted molar refractivity (Wildman–Crippen MR) is 124 cm³/mol. The smallest absolute Gasteiger partial charge is 0.291 e. The first-order valence-electron chi connectivity index (χ1n) is 9.82. The van der Waals surface area contributed by atoms with Crippen molar-refractivity contribution in [1.29, 1.82) is 0 Å². The van der Waals surface area contributed by atoms with Crippen molar-refractivity contribution in [2.24, 2.45) is 0 Å². The molecule has 0 atom stereocenters. The average Bonchev–Trinajstić information content (AvgIpc) is 3.42. The van der Waals surface area contributed by atoms with Crippen LogP contribution in [0, 0.1) is 6.92 Å². The summed E-state index contributed by atoms with van der Waals surface area (Å²) in [5.41, 5.74) is 1.20. The first kappa shape index (κ1) is 22.4. The minimum absolute atomic E-state index is 0.121. The molecule has 1 fully saturated rings. The second-order valence-electron chi connectivity index (χ2n) is 7.30. The first-order valence-corrected chi connectivity index (χ1v) is 11.4. The Labute approximate surface area is 198 Å². The van der Waals surface area contributed by atoms with Crippen LogP contribution in [-0.2, 0) is 0 Å². The fourth-order valence-electron chi connectivity index (χ4n) is 3.45. The molecule has 2 aromatic heterocycles. The van der Waals surface area contributed by atoms with Gasteiger partial charge in [0.2, 0.25) is 0 Å². The Morgan fingerprint density at radius 1 is 0.969 bits per heavy atom. The van der Waals surface area contributed by atoms with E-state index in [1.807, 2.05) is 6.92 Å². The third-order valence-electron chi connectivity index (χ3n) is 5.06. The van der Waals surface area contributed by atoms with Gasteiger partial charge in [-0.2, -0.15) is 0 Å². The summed E-state index contributed by atoms with van der Waals surface area (Å²) in [5, 5.41) is 4.12. The number of aryl methyl sites for hydroxylation is 1. The van der Waals surface area contributed by atoms with Gasteiger partial charge < -0.3 is 19.5 Å². The maximum absolute atomic E-state index is 13.1. The van der Waals surface area contributed by atoms with E-state index in [-0.39, 0.29) is 23.5 Å². The third kappa shape index (κ3) is 4.82. The van der Waals surface area contributed by atoms with Gasteiger partial charge in [-0.25, -0.2) is 0 Å². The van der Waals surface area contributed by atoms with Crippen molar-refractivity contribution in [2.75, 3.05) is 31.5 Å². The minimum atomic E-state index is -0.372. The van der Waals surface area contributed by atoms with E-state index in [9.17, 15) is 14.4 Å². The van der Waals surface area contributed by atoms with Crippen LogP contribution in [0.15, 0.2) is 47.1 Å². The number of amides is 3. The number of carbonyl (C=O) groups excluding carboxylic acids is 3. The highest BCUT2D eigenvalue weighted by Gasteiger charge is 2.28. The molecule has 10 heteroatoms. The van der Waals surface area contributed by atoms with Gasteiger partial charge in [0.25, 0.3) is 17.7 Å². The SMILES string of the molecule is Cc1cc(NC(=O)c2ccco2)sc1C(=O)N1CCN(C(=O)c2cc(Cl)cc(Cl)c2)CC1. The minimum Gasteiger partial charge on any atom is -0.459 e. The van der Waals surface area contributed by atoms with Crippen LogP contribution in [0.5, 0.6) is 0 Å². The molecule has 1 saturated heterocycles. The molecule has 3 aromatic rings. The van der Waals surface area contributed by atoms with Gasteiger partial charge in [0.15, 0.2) is 5.76 Å². The number of furan rings is 1. The highest BCUT2D eigenvalue weighted by Crippen LogP contribution is 2.29. The van der Waals surface area contributed by atoms with Crippen molar-refractivity contribution in [3.05, 3.63) is 74.5 Å². The second kappa shape index (κ2) is 9.36. The standard InChI is InChI=1S/C22H19Cl2N3O4S/c1-13-9-18(25-20(28)17-3-2-8-31-17)32-19(13)22(30)27-6-4-26(5-7-27)21(29)14-10-15(23)12-16(24)11-14/h2-3,8-12H,4-7H2,1H3,(H,25,28). The largest absolute Gasteiger partial charge is 0.459 e. The molecular formula is C22H19Cl2N3O4S. The lowest BCUT2D eigenvalue weighted by Crippen LogP contribution is -2.50. The summed E-state index contributed by atoms with van der Waals surface area (Å²) in [6, 6.07) is 9.71. The van der Waals surface area contributed by atoms with Gasteiger partial charge in [0.05, 0.1) is 16.1 Å². The average molecular weight is 492 g/mol. The van der Waals surface area contributed by atoms with Crippen molar-refractivity contribution in [3.8, 4) is 0 Å². The third-order valence-corrected chi connectivity index (χ3v) is 6.63. The van der Waals surface area contributed by atoms with Crippen molar-refractivity contribution in [2.45, 2.75) is 6.92 Å². The number of carbonyl (C=O) groups is 3. The van der Waals surface area contributed by atoms with Crippen molar-refractivity contribution in [1.82, 2.24) is 9.80 Å². The normalized spacial score (nSPS) is 13.8. The number of rotatable bonds is 4. The van der Waals surface area contributed by atoms with Crippen molar-refractivity contribution >= 4 is 57.3 Å². The Hall–Kier alpha value is -2.81. The summed E-state index contributed by atoms with van der Waals surface area (Å²) in [6.07, 6.45) is 1.43. The molecule has 7 nitrogen and oxygen atoms in total. The summed E-state index contributed by atoms with van der Waals surface area (Å²) >= 11 is 13.2. The van der Waals surface area contributed by atoms with E-state index in [2.05, 4.69) is 5.32 Å². The number of hydrogen-bond acceptors (Lipinski definition) is 5. The first-order chi connectivity index (χ1) is 15.3. The van der Waals surface area contributed by atoms with E-state index in [1.165, 1.54) is 17.6 Å². The molecule has 1 aromatic carbocycles. The van der Waals surface area contributed by atoms with Gasteiger partial charge in [-0.3, -0.25) is 14.4 Å². The molecule has 0 radical (unpaired) electrons. The van der Waals surface area contributed by atoms with E-state index in [4.69, 9.17) is 27.6 Å². The van der Waals surface area contributed by atoms with Crippen LogP contribution in [0.25, 0.3) is 0 Å². The number of nitrogens with one attached hydrogen (secondary N) is 1. The van der Waals surface area contributed by atoms with Crippen LogP contribution in [0.3, 0.4) is 0 Å². The summed E-state index contributed by atoms with van der Waals surface area (Å²) in [7, 11) is 0. The van der Waals surface area contributed by atoms with Crippen molar-refractivity contribution in [3.63, 3.8) is 0 Å². The summed E-state index contributed by atoms with van der Waals surface area (Å²) in [5.74, 6) is -0.463. The summed E-state index contributed by atoms with van der Waals surface area (Å²) < 4.78 is 5.09. The lowest BCUT2D eigenvalue weighted by molar-refractivity contribution is 0.0537. The highest BCUT2D eigenvalue weighted by atomic mass is 35.5. The Morgan fingerprint density at radius 3 is 2.19 bits per heavy atom. The van der Waals surface area contributed by atoms with Crippen LogP contribution in [0.2, 0.25) is 10.0 Å². The summed E-state index contributed by atoms with van der Waals surface area (Å²) in [4.78, 5) is 42.0. The maximum atomic E-state index is 13.1. The van der Waals surface area contributed by atoms with Gasteiger partial charge in [-0.15, -0.1) is 11.3 Å². The van der Waals surface area contributed by atoms with Crippen LogP contribution < -0.4 is 5.32 Å². The van der Waals surface area contributed by atoms with E-state index in [0.717, 1.165) is 5.56 Å². The predicted octanol–water partition coefficient (Wildman–Crippen LogP) is 4.81. The number of benzene rings is 1. The van der Waals surface area contributed by atoms with Gasteiger partial charge in [-0.1, -0.05) is 23.2 Å². The van der Waals surface area contributed by atoms with Gasteiger partial charge >= 0.3 is 0 Å². The molecule has 0 bridgehead atoms. The Morgan fingerprint density at radius 2 is 1.59 bits per heavy atom. The molecule has 32 heavy (non-hydrogen) atoms. The zero-order valence-electron chi connectivity index (χ0n) is 17.1. The second-order valence-corrected chi connectivity index (χ2v) is 9.22. The molecule has 0 aliphatic carbocycles. The number of thiophene rings is 1. The molecule has 166 valence electrons. The monoisotopic (exact) mass is 491 g/mol. The number of nitrogens with zero attached hydrogens (tertiary/aromatic N) is 2. The lowest BCUT2D eigenvalue weighted by atomic mass is 10.1. The Kier molecular flexibility index (Phi) is 6.55. The molecule has 3 heterocycles. The molecule has 4 rings (SSSR count). The van der Waals surface area contributed by atoms with E-state index >= 15 is 0 Å². The van der Waals surface area contributed by atoms with Crippen LogP contribution in [0.1, 0.15) is 36.1 Å². The van der Waals surface area contributed by atoms with Gasteiger partial charge in [0.1, 0.15) is 0 Å². The maximum Gasteiger partial charge on any atom is 0.291 e. The lowest BCUT2D eigenvalue weighted by Gasteiger charge is -2.34. The number of anilines is 1. The van der Waals surface area contributed by atoms with E-state index < -0.39 is 0 Å². The molecular weight excluding hydrogens is 473 g/mol. The zero-order chi connectivity index (χ0) is 22.8. The summed E-state index contributed by atoms with van der Waals surface area (Å²) in [6.45, 7) is 3.45. The number of piperazine rings is 1. The molecule has 0 spiro atoms. The Bertz CT molecular complexity index is 1150. The molecule has 1 aliphatic rings. The van der Waals surface area contributed by atoms with Crippen LogP contribution in [0.4, 0.5) is 5.00 Å². The Balaban J connectivity index is 1.38. The highest BCUT2D eigenvalue weighted by molar-refractivity contribution is 7.18. The van der Waals surface area contributed by atoms with Crippen LogP contribution in [-0.4, -0.2) is 53.7 Å². The van der Waals surface area contributed by atoms with E-state index in [0.29, 0.717) is 51.7 Å². The van der Waals surface area contributed by atoms with Gasteiger partial charge in [-0.05, 0) is 48.9 Å². The van der Waals surface area contributed by atoms with Crippen LogP contribution >= 0.6 is 34.5 Å². The molecule has 1 aliphatic heterocycles. The fraction of sp³-hybridized carbons (Fsp3) is 0.227. The molecule has 1 N–H and O–H groups in total. The van der Waals surface area contributed by atoms with E-state index in [1.54, 1.807) is 46.2 Å². The molecule has 0 saturated carbocycles. The zero-order valence-corrected chi connectivity index (χ0v) is 19.4. The quantitative estimate of drug-likeness (QED) is 0.567. The number of halogens is 2.